The lowest BCUT2D eigenvalue weighted by Gasteiger charge is -2.28. The molecule has 7 atom stereocenters. The summed E-state index contributed by atoms with van der Waals surface area (Å²) in [6, 6.07) is 7.52. The number of carbonyl (C=O) groups excluding carboxylic acids is 4. The van der Waals surface area contributed by atoms with Gasteiger partial charge in [-0.25, -0.2) is 4.79 Å². The number of likely N-dealkylation sites (tertiary alicyclic amines) is 1. The maximum Gasteiger partial charge on any atom is 0.330 e. The van der Waals surface area contributed by atoms with Crippen LogP contribution in [0.15, 0.2) is 30.3 Å². The molecule has 7 unspecified atom stereocenters. The van der Waals surface area contributed by atoms with Crippen LogP contribution in [0.25, 0.3) is 0 Å². The monoisotopic (exact) mass is 539 g/mol. The number of amides is 2. The lowest BCUT2D eigenvalue weighted by Crippen LogP contribution is -2.50. The molecule has 1 saturated heterocycles. The number of Topliss-reactive ketones (excluding diaryl/α,β-unsaturated/α-hetero) is 1. The van der Waals surface area contributed by atoms with Crippen molar-refractivity contribution in [3.05, 3.63) is 35.9 Å². The van der Waals surface area contributed by atoms with Crippen LogP contribution in [0.5, 0.6) is 0 Å². The van der Waals surface area contributed by atoms with Gasteiger partial charge in [0.05, 0.1) is 11.8 Å². The highest BCUT2D eigenvalue weighted by Crippen LogP contribution is 2.60. The average Bonchev–Trinajstić information content (AvgIpc) is 3.33. The molecule has 3 aliphatic rings. The molecule has 8 heteroatoms. The van der Waals surface area contributed by atoms with Gasteiger partial charge in [-0.3, -0.25) is 19.3 Å². The first-order chi connectivity index (χ1) is 14.2. The van der Waals surface area contributed by atoms with Crippen LogP contribution in [-0.4, -0.2) is 50.8 Å². The Hall–Kier alpha value is -1.54. The molecule has 30 heavy (non-hydrogen) atoms. The Balaban J connectivity index is 1.51. The molecule has 3 fully saturated rings. The Morgan fingerprint density at radius 1 is 1.03 bits per heavy atom. The summed E-state index contributed by atoms with van der Waals surface area (Å²) in [7, 11) is 0. The molecule has 2 saturated carbocycles. The van der Waals surface area contributed by atoms with Gasteiger partial charge in [0.25, 0.3) is 0 Å². The van der Waals surface area contributed by atoms with E-state index in [0.717, 1.165) is 11.3 Å². The van der Waals surface area contributed by atoms with Crippen molar-refractivity contribution in [1.82, 2.24) is 4.90 Å². The summed E-state index contributed by atoms with van der Waals surface area (Å²) in [5, 5.41) is 0. The Kier molecular flexibility index (Phi) is 5.92. The highest BCUT2D eigenvalue weighted by atomic mass is 79.9. The molecular weight excluding hydrogens is 518 g/mol. The Morgan fingerprint density at radius 2 is 1.57 bits per heavy atom. The number of alkyl halides is 2. The molecule has 1 heterocycles. The highest BCUT2D eigenvalue weighted by molar-refractivity contribution is 9.12. The minimum atomic E-state index is -1.03. The van der Waals surface area contributed by atoms with Crippen molar-refractivity contribution >= 4 is 55.4 Å². The smallest absolute Gasteiger partial charge is 0.330 e. The second-order valence-corrected chi connectivity index (χ2v) is 10.8. The third kappa shape index (κ3) is 3.36. The number of imide groups is 1. The average molecular weight is 541 g/mol. The number of fused-ring (bicyclic) bond motifs is 5. The van der Waals surface area contributed by atoms with Crippen molar-refractivity contribution in [2.75, 3.05) is 6.61 Å². The number of hydrogen-bond acceptors (Lipinski definition) is 5. The van der Waals surface area contributed by atoms with Crippen LogP contribution < -0.4 is 0 Å². The SMILES string of the molecule is CC(C)C(C(=O)OCC(=O)c1ccccc1)N1C(=O)C2C3CC(C(Br)C3Br)C2C1=O. The van der Waals surface area contributed by atoms with Crippen LogP contribution in [-0.2, 0) is 19.1 Å². The number of hydrogen-bond donors (Lipinski definition) is 0. The van der Waals surface area contributed by atoms with E-state index in [2.05, 4.69) is 31.9 Å². The van der Waals surface area contributed by atoms with E-state index < -0.39 is 18.6 Å². The van der Waals surface area contributed by atoms with E-state index in [9.17, 15) is 19.2 Å². The molecular formula is C22H23Br2NO5. The molecule has 2 amide bonds. The van der Waals surface area contributed by atoms with Crippen LogP contribution in [0.1, 0.15) is 30.6 Å². The summed E-state index contributed by atoms with van der Waals surface area (Å²) in [6.45, 7) is 3.12. The van der Waals surface area contributed by atoms with Gasteiger partial charge in [-0.05, 0) is 24.2 Å². The fourth-order valence-corrected chi connectivity index (χ4v) is 7.12. The normalized spacial score (nSPS) is 33.2. The standard InChI is InChI=1S/C22H23Br2NO5/c1-10(2)19(22(29)30-9-14(26)11-6-4-3-5-7-11)25-20(27)15-12-8-13(16(15)21(25)28)18(24)17(12)23/h3-7,10,12-13,15-19H,8-9H2,1-2H3. The van der Waals surface area contributed by atoms with E-state index in [1.165, 1.54) is 0 Å². The van der Waals surface area contributed by atoms with Crippen LogP contribution in [0, 0.1) is 29.6 Å². The molecule has 2 aliphatic carbocycles. The second-order valence-electron chi connectivity index (χ2n) is 8.64. The van der Waals surface area contributed by atoms with E-state index in [4.69, 9.17) is 4.74 Å². The fourth-order valence-electron chi connectivity index (χ4n) is 5.25. The first-order valence-electron chi connectivity index (χ1n) is 10.1. The van der Waals surface area contributed by atoms with Crippen molar-refractivity contribution in [3.8, 4) is 0 Å². The molecule has 0 radical (unpaired) electrons. The van der Waals surface area contributed by atoms with Gasteiger partial charge in [0, 0.05) is 15.2 Å². The van der Waals surface area contributed by atoms with Crippen LogP contribution in [0.4, 0.5) is 0 Å². The second kappa shape index (κ2) is 8.19. The highest BCUT2D eigenvalue weighted by Gasteiger charge is 2.67. The van der Waals surface area contributed by atoms with Crippen molar-refractivity contribution in [2.45, 2.75) is 36.0 Å². The van der Waals surface area contributed by atoms with Gasteiger partial charge in [0.2, 0.25) is 11.8 Å². The minimum Gasteiger partial charge on any atom is -0.456 e. The van der Waals surface area contributed by atoms with E-state index in [1.54, 1.807) is 44.2 Å². The Labute approximate surface area is 192 Å². The predicted molar refractivity (Wildman–Crippen MR) is 116 cm³/mol. The maximum absolute atomic E-state index is 13.2. The molecule has 6 nitrogen and oxygen atoms in total. The largest absolute Gasteiger partial charge is 0.456 e. The molecule has 1 aromatic rings. The minimum absolute atomic E-state index is 0.0781. The van der Waals surface area contributed by atoms with Gasteiger partial charge in [0.15, 0.2) is 12.4 Å². The maximum atomic E-state index is 13.2. The van der Waals surface area contributed by atoms with Crippen LogP contribution >= 0.6 is 31.9 Å². The molecule has 160 valence electrons. The number of esters is 1. The van der Waals surface area contributed by atoms with Crippen molar-refractivity contribution in [1.29, 1.82) is 0 Å². The van der Waals surface area contributed by atoms with Gasteiger partial charge < -0.3 is 4.74 Å². The molecule has 0 aromatic heterocycles. The third-order valence-electron chi connectivity index (χ3n) is 6.61. The Morgan fingerprint density at radius 3 is 2.07 bits per heavy atom. The summed E-state index contributed by atoms with van der Waals surface area (Å²) in [4.78, 5) is 53.0. The molecule has 0 N–H and O–H groups in total. The van der Waals surface area contributed by atoms with Gasteiger partial charge in [0.1, 0.15) is 6.04 Å². The molecule has 1 aromatic carbocycles. The van der Waals surface area contributed by atoms with Gasteiger partial charge in [-0.1, -0.05) is 76.0 Å². The van der Waals surface area contributed by atoms with E-state index >= 15 is 0 Å². The zero-order valence-electron chi connectivity index (χ0n) is 16.7. The van der Waals surface area contributed by atoms with E-state index in [-0.39, 0.29) is 56.8 Å². The van der Waals surface area contributed by atoms with Gasteiger partial charge >= 0.3 is 5.97 Å². The summed E-state index contributed by atoms with van der Waals surface area (Å²) in [6.07, 6.45) is 0.828. The third-order valence-corrected chi connectivity index (χ3v) is 9.82. The lowest BCUT2D eigenvalue weighted by molar-refractivity contribution is -0.160. The first kappa shape index (κ1) is 21.7. The number of rotatable bonds is 6. The van der Waals surface area contributed by atoms with Gasteiger partial charge in [-0.15, -0.1) is 0 Å². The lowest BCUT2D eigenvalue weighted by atomic mass is 9.81. The molecule has 2 bridgehead atoms. The number of nitrogens with zero attached hydrogens (tertiary/aromatic N) is 1. The first-order valence-corrected chi connectivity index (χ1v) is 12.0. The van der Waals surface area contributed by atoms with Crippen molar-refractivity contribution < 1.29 is 23.9 Å². The summed E-state index contributed by atoms with van der Waals surface area (Å²) in [5.74, 6) is -2.56. The predicted octanol–water partition coefficient (Wildman–Crippen LogP) is 3.22. The number of carbonyl (C=O) groups is 4. The zero-order chi connectivity index (χ0) is 21.7. The zero-order valence-corrected chi connectivity index (χ0v) is 19.8. The van der Waals surface area contributed by atoms with E-state index in [0.29, 0.717) is 5.56 Å². The van der Waals surface area contributed by atoms with E-state index in [1.807, 2.05) is 0 Å². The molecule has 1 aliphatic heterocycles. The molecule has 4 rings (SSSR count). The Bertz CT molecular complexity index is 857. The summed E-state index contributed by atoms with van der Waals surface area (Å²) in [5.41, 5.74) is 0.442. The van der Waals surface area contributed by atoms with Crippen molar-refractivity contribution in [3.63, 3.8) is 0 Å². The summed E-state index contributed by atoms with van der Waals surface area (Å²) >= 11 is 7.33. The van der Waals surface area contributed by atoms with Crippen LogP contribution in [0.3, 0.4) is 0 Å². The number of ether oxygens (including phenoxy) is 1. The topological polar surface area (TPSA) is 80.8 Å². The number of ketones is 1. The quantitative estimate of drug-likeness (QED) is 0.239. The molecule has 0 spiro atoms. The van der Waals surface area contributed by atoms with Crippen LogP contribution in [0.2, 0.25) is 0 Å². The summed E-state index contributed by atoms with van der Waals surface area (Å²) < 4.78 is 5.27. The fraction of sp³-hybridized carbons (Fsp3) is 0.545. The number of benzene rings is 1. The van der Waals surface area contributed by atoms with Gasteiger partial charge in [-0.2, -0.15) is 0 Å². The number of halogens is 2. The van der Waals surface area contributed by atoms with Crippen molar-refractivity contribution in [2.24, 2.45) is 29.6 Å².